The molecular formula is C23H26F8O. The number of ether oxygens (including phenoxy) is 1. The molecule has 1 nitrogen and oxygen atoms in total. The molecule has 0 spiro atoms. The van der Waals surface area contributed by atoms with Gasteiger partial charge in [0.25, 0.3) is 0 Å². The van der Waals surface area contributed by atoms with Crippen molar-refractivity contribution in [3.05, 3.63) is 29.3 Å². The maximum absolute atomic E-state index is 15.5. The van der Waals surface area contributed by atoms with Crippen molar-refractivity contribution in [2.24, 2.45) is 22.7 Å². The molecule has 0 amide bonds. The van der Waals surface area contributed by atoms with E-state index < -0.39 is 77.8 Å². The normalized spacial score (nSPS) is 36.2. The summed E-state index contributed by atoms with van der Waals surface area (Å²) in [6, 6.07) is 1.64. The van der Waals surface area contributed by atoms with Crippen molar-refractivity contribution in [2.75, 3.05) is 0 Å². The quantitative estimate of drug-likeness (QED) is 0.407. The van der Waals surface area contributed by atoms with E-state index in [2.05, 4.69) is 4.74 Å². The van der Waals surface area contributed by atoms with E-state index in [1.54, 1.807) is 0 Å². The van der Waals surface area contributed by atoms with Crippen LogP contribution in [0.15, 0.2) is 12.1 Å². The average Bonchev–Trinajstić information content (AvgIpc) is 2.73. The monoisotopic (exact) mass is 470 g/mol. The molecule has 0 heterocycles. The highest BCUT2D eigenvalue weighted by Crippen LogP contribution is 2.76. The summed E-state index contributed by atoms with van der Waals surface area (Å²) in [6.07, 6.45) is -5.59. The lowest BCUT2D eigenvalue weighted by Gasteiger charge is -2.64. The van der Waals surface area contributed by atoms with Crippen molar-refractivity contribution in [2.45, 2.75) is 83.2 Å². The molecule has 0 atom stereocenters. The summed E-state index contributed by atoms with van der Waals surface area (Å²) in [5.41, 5.74) is -5.76. The van der Waals surface area contributed by atoms with E-state index in [0.29, 0.717) is 37.7 Å². The van der Waals surface area contributed by atoms with E-state index in [9.17, 15) is 8.78 Å². The minimum absolute atomic E-state index is 0.199. The van der Waals surface area contributed by atoms with Crippen molar-refractivity contribution in [1.29, 1.82) is 0 Å². The van der Waals surface area contributed by atoms with Crippen LogP contribution in [0.3, 0.4) is 0 Å². The van der Waals surface area contributed by atoms with Gasteiger partial charge in [-0.05, 0) is 68.9 Å². The molecule has 0 radical (unpaired) electrons. The Morgan fingerprint density at radius 2 is 1.41 bits per heavy atom. The highest BCUT2D eigenvalue weighted by atomic mass is 19.3. The SMILES string of the molecule is Cc1ccc(OC(F)(F)C23CCC(C4CCC(C)CC4)(CC2)C(F)(F)C3(F)F)c(F)c1F. The molecule has 0 saturated heterocycles. The van der Waals surface area contributed by atoms with Gasteiger partial charge in [0.15, 0.2) is 11.6 Å². The first kappa shape index (κ1) is 23.6. The second kappa shape index (κ2) is 7.23. The van der Waals surface area contributed by atoms with Crippen molar-refractivity contribution in [3.8, 4) is 5.75 Å². The van der Waals surface area contributed by atoms with E-state index in [1.807, 2.05) is 6.92 Å². The third-order valence-electron chi connectivity index (χ3n) is 8.45. The zero-order chi connectivity index (χ0) is 23.7. The molecule has 180 valence electrons. The lowest BCUT2D eigenvalue weighted by atomic mass is 9.44. The van der Waals surface area contributed by atoms with Crippen LogP contribution in [0.5, 0.6) is 5.75 Å². The van der Waals surface area contributed by atoms with Gasteiger partial charge in [-0.25, -0.2) is 4.39 Å². The molecule has 5 rings (SSSR count). The van der Waals surface area contributed by atoms with Crippen LogP contribution in [0, 0.1) is 41.2 Å². The maximum atomic E-state index is 15.5. The van der Waals surface area contributed by atoms with Crippen LogP contribution in [0.2, 0.25) is 0 Å². The van der Waals surface area contributed by atoms with Gasteiger partial charge in [-0.15, -0.1) is 0 Å². The fourth-order valence-electron chi connectivity index (χ4n) is 6.26. The number of aryl methyl sites for hydroxylation is 1. The first-order valence-electron chi connectivity index (χ1n) is 11.0. The Labute approximate surface area is 181 Å². The summed E-state index contributed by atoms with van der Waals surface area (Å²) < 4.78 is 124. The first-order chi connectivity index (χ1) is 14.7. The van der Waals surface area contributed by atoms with Gasteiger partial charge in [0, 0.05) is 5.41 Å². The lowest BCUT2D eigenvalue weighted by Crippen LogP contribution is -2.75. The van der Waals surface area contributed by atoms with Gasteiger partial charge in [0.1, 0.15) is 5.41 Å². The van der Waals surface area contributed by atoms with Crippen molar-refractivity contribution >= 4 is 0 Å². The third-order valence-corrected chi connectivity index (χ3v) is 8.45. The molecule has 0 aromatic heterocycles. The fourth-order valence-corrected chi connectivity index (χ4v) is 6.26. The lowest BCUT2D eigenvalue weighted by molar-refractivity contribution is -0.438. The van der Waals surface area contributed by atoms with E-state index in [-0.39, 0.29) is 5.56 Å². The van der Waals surface area contributed by atoms with Gasteiger partial charge in [-0.1, -0.05) is 25.8 Å². The van der Waals surface area contributed by atoms with Gasteiger partial charge < -0.3 is 4.74 Å². The molecule has 1 aromatic rings. The van der Waals surface area contributed by atoms with Crippen molar-refractivity contribution in [1.82, 2.24) is 0 Å². The van der Waals surface area contributed by atoms with Gasteiger partial charge >= 0.3 is 18.0 Å². The number of benzene rings is 1. The van der Waals surface area contributed by atoms with Crippen LogP contribution >= 0.6 is 0 Å². The van der Waals surface area contributed by atoms with Crippen LogP contribution in [-0.4, -0.2) is 18.0 Å². The smallest absolute Gasteiger partial charge is 0.409 e. The van der Waals surface area contributed by atoms with Gasteiger partial charge in [0.05, 0.1) is 0 Å². The molecule has 4 aliphatic carbocycles. The standard InChI is InChI=1S/C23H26F8O/c1-13-3-6-15(7-4-13)19-9-11-20(12-10-19,22(28,29)21(19,26)27)23(30,31)32-16-8-5-14(2)17(24)18(16)25/h5,8,13,15H,3-4,6-7,9-12H2,1-2H3. The summed E-state index contributed by atoms with van der Waals surface area (Å²) in [5, 5.41) is 0. The Morgan fingerprint density at radius 1 is 0.844 bits per heavy atom. The van der Waals surface area contributed by atoms with E-state index in [4.69, 9.17) is 0 Å². The molecule has 1 aromatic carbocycles. The van der Waals surface area contributed by atoms with Gasteiger partial charge in [-0.2, -0.15) is 30.7 Å². The van der Waals surface area contributed by atoms with Gasteiger partial charge in [0.2, 0.25) is 5.82 Å². The largest absolute Gasteiger partial charge is 0.429 e. The summed E-state index contributed by atoms with van der Waals surface area (Å²) in [6.45, 7) is 3.15. The van der Waals surface area contributed by atoms with Crippen LogP contribution in [0.25, 0.3) is 0 Å². The van der Waals surface area contributed by atoms with Crippen molar-refractivity contribution in [3.63, 3.8) is 0 Å². The number of fused-ring (bicyclic) bond motifs is 3. The molecular weight excluding hydrogens is 444 g/mol. The Balaban J connectivity index is 1.70. The number of rotatable bonds is 4. The molecule has 9 heteroatoms. The van der Waals surface area contributed by atoms with E-state index >= 15 is 26.3 Å². The van der Waals surface area contributed by atoms with Crippen molar-refractivity contribution < 1.29 is 39.9 Å². The molecule has 4 aliphatic rings. The molecule has 0 unspecified atom stereocenters. The van der Waals surface area contributed by atoms with E-state index in [1.165, 1.54) is 6.92 Å². The first-order valence-corrected chi connectivity index (χ1v) is 11.0. The minimum atomic E-state index is -5.08. The number of halogens is 8. The molecule has 0 aliphatic heterocycles. The Hall–Kier alpha value is -1.54. The van der Waals surface area contributed by atoms with Crippen LogP contribution in [0.4, 0.5) is 35.1 Å². The molecule has 0 N–H and O–H groups in total. The van der Waals surface area contributed by atoms with Crippen LogP contribution in [-0.2, 0) is 0 Å². The second-order valence-corrected chi connectivity index (χ2v) is 9.97. The molecule has 2 bridgehead atoms. The van der Waals surface area contributed by atoms with E-state index in [0.717, 1.165) is 6.07 Å². The number of hydrogen-bond acceptors (Lipinski definition) is 1. The summed E-state index contributed by atoms with van der Waals surface area (Å²) in [7, 11) is 0. The zero-order valence-electron chi connectivity index (χ0n) is 17.9. The fraction of sp³-hybridized carbons (Fsp3) is 0.739. The van der Waals surface area contributed by atoms with Crippen LogP contribution < -0.4 is 4.74 Å². The molecule has 4 fully saturated rings. The number of alkyl halides is 6. The van der Waals surface area contributed by atoms with Crippen LogP contribution in [0.1, 0.15) is 63.9 Å². The minimum Gasteiger partial charge on any atom is -0.429 e. The Bertz CT molecular complexity index is 880. The third kappa shape index (κ3) is 2.87. The zero-order valence-corrected chi connectivity index (χ0v) is 17.9. The Kier molecular flexibility index (Phi) is 5.33. The van der Waals surface area contributed by atoms with Gasteiger partial charge in [-0.3, -0.25) is 0 Å². The summed E-state index contributed by atoms with van der Waals surface area (Å²) >= 11 is 0. The second-order valence-electron chi connectivity index (χ2n) is 9.97. The summed E-state index contributed by atoms with van der Waals surface area (Å²) in [4.78, 5) is 0. The molecule has 32 heavy (non-hydrogen) atoms. The predicted molar refractivity (Wildman–Crippen MR) is 101 cm³/mol. The topological polar surface area (TPSA) is 9.23 Å². The highest BCUT2D eigenvalue weighted by molar-refractivity contribution is 5.31. The summed E-state index contributed by atoms with van der Waals surface area (Å²) in [5.74, 6) is -14.6. The maximum Gasteiger partial charge on any atom is 0.409 e. The molecule has 4 saturated carbocycles. The number of hydrogen-bond donors (Lipinski definition) is 0. The predicted octanol–water partition coefficient (Wildman–Crippen LogP) is 7.90. The highest BCUT2D eigenvalue weighted by Gasteiger charge is 2.88. The Morgan fingerprint density at radius 3 is 1.97 bits per heavy atom. The average molecular weight is 470 g/mol.